The fourth-order valence-electron chi connectivity index (χ4n) is 2.89. The van der Waals surface area contributed by atoms with Gasteiger partial charge >= 0.3 is 0 Å². The van der Waals surface area contributed by atoms with Gasteiger partial charge in [0.15, 0.2) is 5.82 Å². The maximum absolute atomic E-state index is 13.7. The molecule has 0 radical (unpaired) electrons. The van der Waals surface area contributed by atoms with Crippen LogP contribution in [-0.4, -0.2) is 27.7 Å². The van der Waals surface area contributed by atoms with Gasteiger partial charge in [-0.25, -0.2) is 14.1 Å². The number of hydrogen-bond donors (Lipinski definition) is 0. The van der Waals surface area contributed by atoms with Crippen LogP contribution in [0, 0.1) is 5.82 Å². The molecule has 0 N–H and O–H groups in total. The van der Waals surface area contributed by atoms with E-state index in [1.54, 1.807) is 17.9 Å². The van der Waals surface area contributed by atoms with E-state index in [4.69, 9.17) is 16.3 Å². The summed E-state index contributed by atoms with van der Waals surface area (Å²) in [5.74, 6) is 1.27. The summed E-state index contributed by atoms with van der Waals surface area (Å²) in [5.41, 5.74) is 1.57. The molecule has 1 aromatic heterocycles. The normalized spacial score (nSPS) is 10.9. The molecule has 7 heteroatoms. The fourth-order valence-corrected chi connectivity index (χ4v) is 3.01. The molecular weight excluding hydrogens is 381 g/mol. The lowest BCUT2D eigenvalue weighted by Gasteiger charge is -2.05. The summed E-state index contributed by atoms with van der Waals surface area (Å²) >= 11 is 5.73. The van der Waals surface area contributed by atoms with E-state index >= 15 is 0 Å². The standard InChI is InChI=1S/C21H21ClFN3O2/c1-3-26-20(24-21(25-26)15-8-10-18(22)19(23)12-15)13-16(27)9-7-14-5-4-6-17(11-14)28-2/h4-6,8,10-12H,3,7,9,13H2,1-2H3. The zero-order valence-corrected chi connectivity index (χ0v) is 16.5. The van der Waals surface area contributed by atoms with Crippen molar-refractivity contribution >= 4 is 17.4 Å². The Hall–Kier alpha value is -2.73. The second-order valence-electron chi connectivity index (χ2n) is 6.36. The van der Waals surface area contributed by atoms with Crippen molar-refractivity contribution in [3.05, 3.63) is 64.7 Å². The maximum Gasteiger partial charge on any atom is 0.181 e. The molecule has 3 aromatic rings. The van der Waals surface area contributed by atoms with E-state index in [9.17, 15) is 9.18 Å². The number of hydrogen-bond acceptors (Lipinski definition) is 4. The molecule has 0 saturated heterocycles. The van der Waals surface area contributed by atoms with E-state index in [0.29, 0.717) is 36.6 Å². The number of aromatic nitrogens is 3. The van der Waals surface area contributed by atoms with Crippen LogP contribution >= 0.6 is 11.6 Å². The molecule has 3 rings (SSSR count). The first kappa shape index (κ1) is 20.0. The Morgan fingerprint density at radius 1 is 1.25 bits per heavy atom. The molecule has 0 aliphatic carbocycles. The van der Waals surface area contributed by atoms with E-state index in [1.165, 1.54) is 12.1 Å². The molecule has 0 fully saturated rings. The van der Waals surface area contributed by atoms with Gasteiger partial charge in [0.2, 0.25) is 0 Å². The lowest BCUT2D eigenvalue weighted by atomic mass is 10.1. The molecule has 0 amide bonds. The second kappa shape index (κ2) is 8.97. The van der Waals surface area contributed by atoms with E-state index in [2.05, 4.69) is 10.1 Å². The zero-order chi connectivity index (χ0) is 20.1. The second-order valence-corrected chi connectivity index (χ2v) is 6.77. The Balaban J connectivity index is 1.69. The summed E-state index contributed by atoms with van der Waals surface area (Å²) in [6.07, 6.45) is 1.21. The lowest BCUT2D eigenvalue weighted by molar-refractivity contribution is -0.118. The Morgan fingerprint density at radius 3 is 2.79 bits per heavy atom. The van der Waals surface area contributed by atoms with Crippen molar-refractivity contribution in [3.8, 4) is 17.1 Å². The molecule has 0 aliphatic heterocycles. The Morgan fingerprint density at radius 2 is 2.07 bits per heavy atom. The monoisotopic (exact) mass is 401 g/mol. The topological polar surface area (TPSA) is 57.0 Å². The van der Waals surface area contributed by atoms with Crippen LogP contribution < -0.4 is 4.74 Å². The zero-order valence-electron chi connectivity index (χ0n) is 15.8. The Labute approximate surface area is 168 Å². The van der Waals surface area contributed by atoms with Crippen molar-refractivity contribution in [2.75, 3.05) is 7.11 Å². The lowest BCUT2D eigenvalue weighted by Crippen LogP contribution is -2.11. The first-order valence-corrected chi connectivity index (χ1v) is 9.41. The number of ether oxygens (including phenoxy) is 1. The minimum absolute atomic E-state index is 0.0478. The van der Waals surface area contributed by atoms with Crippen LogP contribution in [0.5, 0.6) is 5.75 Å². The third kappa shape index (κ3) is 4.75. The molecule has 1 heterocycles. The molecule has 28 heavy (non-hydrogen) atoms. The number of nitrogens with zero attached hydrogens (tertiary/aromatic N) is 3. The van der Waals surface area contributed by atoms with Crippen LogP contribution in [0.4, 0.5) is 4.39 Å². The number of methoxy groups -OCH3 is 1. The molecule has 0 aliphatic rings. The molecule has 0 bridgehead atoms. The number of carbonyl (C=O) groups excluding carboxylic acids is 1. The molecule has 0 saturated carbocycles. The van der Waals surface area contributed by atoms with Crippen LogP contribution in [0.2, 0.25) is 5.02 Å². The average Bonchev–Trinajstić information content (AvgIpc) is 3.11. The Bertz CT molecular complexity index is 988. The molecule has 2 aromatic carbocycles. The highest BCUT2D eigenvalue weighted by atomic mass is 35.5. The average molecular weight is 402 g/mol. The van der Waals surface area contributed by atoms with E-state index in [1.807, 2.05) is 31.2 Å². The summed E-state index contributed by atoms with van der Waals surface area (Å²) in [4.78, 5) is 16.9. The largest absolute Gasteiger partial charge is 0.497 e. The van der Waals surface area contributed by atoms with Gasteiger partial charge in [0.05, 0.1) is 18.6 Å². The summed E-state index contributed by atoms with van der Waals surface area (Å²) in [7, 11) is 1.62. The molecule has 0 spiro atoms. The number of aryl methyl sites for hydroxylation is 2. The quantitative estimate of drug-likeness (QED) is 0.557. The first-order valence-electron chi connectivity index (χ1n) is 9.04. The number of benzene rings is 2. The number of rotatable bonds is 8. The van der Waals surface area contributed by atoms with Crippen LogP contribution in [-0.2, 0) is 24.2 Å². The number of halogens is 2. The predicted octanol–water partition coefficient (Wildman–Crippen LogP) is 4.51. The maximum atomic E-state index is 13.7. The number of Topliss-reactive ketones (excluding diaryl/α,β-unsaturated/α-hetero) is 1. The molecule has 5 nitrogen and oxygen atoms in total. The minimum atomic E-state index is -0.525. The van der Waals surface area contributed by atoms with Crippen molar-refractivity contribution in [1.82, 2.24) is 14.8 Å². The SMILES string of the molecule is CCn1nc(-c2ccc(Cl)c(F)c2)nc1CC(=O)CCc1cccc(OC)c1. The highest BCUT2D eigenvalue weighted by molar-refractivity contribution is 6.30. The highest BCUT2D eigenvalue weighted by Crippen LogP contribution is 2.22. The minimum Gasteiger partial charge on any atom is -0.497 e. The van der Waals surface area contributed by atoms with Gasteiger partial charge in [-0.05, 0) is 49.2 Å². The number of carbonyl (C=O) groups is 1. The third-order valence-electron chi connectivity index (χ3n) is 4.41. The molecule has 146 valence electrons. The van der Waals surface area contributed by atoms with Gasteiger partial charge < -0.3 is 4.74 Å². The summed E-state index contributed by atoms with van der Waals surface area (Å²) in [6.45, 7) is 2.49. The van der Waals surface area contributed by atoms with E-state index < -0.39 is 5.82 Å². The van der Waals surface area contributed by atoms with Crippen LogP contribution in [0.1, 0.15) is 24.7 Å². The van der Waals surface area contributed by atoms with Crippen molar-refractivity contribution in [3.63, 3.8) is 0 Å². The van der Waals surface area contributed by atoms with Gasteiger partial charge in [-0.3, -0.25) is 4.79 Å². The molecule has 0 unspecified atom stereocenters. The predicted molar refractivity (Wildman–Crippen MR) is 106 cm³/mol. The van der Waals surface area contributed by atoms with Gasteiger partial charge in [0, 0.05) is 18.5 Å². The summed E-state index contributed by atoms with van der Waals surface area (Å²) in [6, 6.07) is 12.1. The van der Waals surface area contributed by atoms with Crippen molar-refractivity contribution in [1.29, 1.82) is 0 Å². The first-order chi connectivity index (χ1) is 13.5. The van der Waals surface area contributed by atoms with Gasteiger partial charge in [-0.1, -0.05) is 23.7 Å². The summed E-state index contributed by atoms with van der Waals surface area (Å²) < 4.78 is 20.6. The van der Waals surface area contributed by atoms with E-state index in [0.717, 1.165) is 11.3 Å². The van der Waals surface area contributed by atoms with Crippen molar-refractivity contribution in [2.24, 2.45) is 0 Å². The van der Waals surface area contributed by atoms with Gasteiger partial charge in [-0.15, -0.1) is 0 Å². The Kier molecular flexibility index (Phi) is 6.41. The van der Waals surface area contributed by atoms with Crippen molar-refractivity contribution < 1.29 is 13.9 Å². The smallest absolute Gasteiger partial charge is 0.181 e. The third-order valence-corrected chi connectivity index (χ3v) is 4.71. The highest BCUT2D eigenvalue weighted by Gasteiger charge is 2.15. The molecule has 0 atom stereocenters. The van der Waals surface area contributed by atoms with Gasteiger partial charge in [0.1, 0.15) is 23.2 Å². The van der Waals surface area contributed by atoms with Gasteiger partial charge in [0.25, 0.3) is 0 Å². The van der Waals surface area contributed by atoms with Crippen LogP contribution in [0.15, 0.2) is 42.5 Å². The molecular formula is C21H21ClFN3O2. The van der Waals surface area contributed by atoms with E-state index in [-0.39, 0.29) is 17.2 Å². The van der Waals surface area contributed by atoms with Crippen LogP contribution in [0.25, 0.3) is 11.4 Å². The van der Waals surface area contributed by atoms with Crippen molar-refractivity contribution in [2.45, 2.75) is 32.7 Å². The number of ketones is 1. The van der Waals surface area contributed by atoms with Gasteiger partial charge in [-0.2, -0.15) is 5.10 Å². The summed E-state index contributed by atoms with van der Waals surface area (Å²) in [5, 5.41) is 4.44. The fraction of sp³-hybridized carbons (Fsp3) is 0.286. The van der Waals surface area contributed by atoms with Crippen LogP contribution in [0.3, 0.4) is 0 Å².